The van der Waals surface area contributed by atoms with E-state index >= 15 is 0 Å². The Kier molecular flexibility index (Phi) is 7.13. The van der Waals surface area contributed by atoms with Gasteiger partial charge in [-0.05, 0) is 36.5 Å². The van der Waals surface area contributed by atoms with Gasteiger partial charge >= 0.3 is 0 Å². The van der Waals surface area contributed by atoms with E-state index in [0.717, 1.165) is 35.0 Å². The molecule has 0 aromatic carbocycles. The molecule has 3 rings (SSSR count). The van der Waals surface area contributed by atoms with Gasteiger partial charge in [0, 0.05) is 6.61 Å². The molecular weight excluding hydrogens is 380 g/mol. The molecule has 7 nitrogen and oxygen atoms in total. The first-order valence-electron chi connectivity index (χ1n) is 9.13. The minimum Gasteiger partial charge on any atom is -0.376 e. The molecule has 0 amide bonds. The number of ether oxygens (including phenoxy) is 1. The summed E-state index contributed by atoms with van der Waals surface area (Å²) < 4.78 is 10.4. The Morgan fingerprint density at radius 1 is 1.33 bits per heavy atom. The molecule has 2 aromatic rings. The van der Waals surface area contributed by atoms with Crippen molar-refractivity contribution in [2.75, 3.05) is 19.7 Å². The average Bonchev–Trinajstić information content (AvgIpc) is 3.42. The van der Waals surface area contributed by atoms with Crippen LogP contribution in [0.5, 0.6) is 0 Å². The third-order valence-electron chi connectivity index (χ3n) is 4.63. The predicted molar refractivity (Wildman–Crippen MR) is 104 cm³/mol. The maximum atomic E-state index is 8.91. The van der Waals surface area contributed by atoms with E-state index < -0.39 is 0 Å². The highest BCUT2D eigenvalue weighted by atomic mass is 32.1. The molecule has 1 saturated heterocycles. The van der Waals surface area contributed by atoms with Gasteiger partial charge in [0.25, 0.3) is 0 Å². The fourth-order valence-corrected chi connectivity index (χ4v) is 4.23. The van der Waals surface area contributed by atoms with E-state index in [2.05, 4.69) is 16.7 Å². The van der Waals surface area contributed by atoms with Gasteiger partial charge in [-0.15, -0.1) is 16.4 Å². The van der Waals surface area contributed by atoms with E-state index in [1.54, 1.807) is 11.3 Å². The molecule has 1 aliphatic heterocycles. The van der Waals surface area contributed by atoms with Crippen LogP contribution in [0.4, 0.5) is 0 Å². The van der Waals surface area contributed by atoms with Crippen LogP contribution in [0.15, 0.2) is 17.5 Å². The second kappa shape index (κ2) is 9.77. The minimum atomic E-state index is 0.175. The first-order valence-corrected chi connectivity index (χ1v) is 10.4. The zero-order chi connectivity index (χ0) is 19.1. The molecule has 0 saturated carbocycles. The Morgan fingerprint density at radius 2 is 2.11 bits per heavy atom. The van der Waals surface area contributed by atoms with Crippen molar-refractivity contribution in [3.05, 3.63) is 22.3 Å². The molecule has 1 atom stereocenters. The van der Waals surface area contributed by atoms with Crippen molar-refractivity contribution in [3.8, 4) is 22.8 Å². The first kappa shape index (κ1) is 19.7. The number of thiophene rings is 1. The summed E-state index contributed by atoms with van der Waals surface area (Å²) in [6, 6.07) is 8.42. The summed E-state index contributed by atoms with van der Waals surface area (Å²) in [6.45, 7) is 3.41. The van der Waals surface area contributed by atoms with Crippen LogP contribution in [0.25, 0.3) is 10.7 Å². The molecule has 9 heteroatoms. The highest BCUT2D eigenvalue weighted by molar-refractivity contribution is 7.71. The van der Waals surface area contributed by atoms with Crippen LogP contribution in [-0.4, -0.2) is 40.1 Å². The Morgan fingerprint density at radius 3 is 2.70 bits per heavy atom. The highest BCUT2D eigenvalue weighted by Gasteiger charge is 2.22. The largest absolute Gasteiger partial charge is 0.376 e. The maximum Gasteiger partial charge on any atom is 0.203 e. The molecule has 2 aromatic heterocycles. The van der Waals surface area contributed by atoms with Crippen LogP contribution in [-0.2, 0) is 18.0 Å². The summed E-state index contributed by atoms with van der Waals surface area (Å²) in [6.07, 6.45) is 3.19. The van der Waals surface area contributed by atoms with Gasteiger partial charge in [0.05, 0.1) is 55.6 Å². The number of nitriles is 2. The zero-order valence-electron chi connectivity index (χ0n) is 15.1. The Labute approximate surface area is 168 Å². The van der Waals surface area contributed by atoms with Gasteiger partial charge in [0.2, 0.25) is 4.77 Å². The van der Waals surface area contributed by atoms with Crippen molar-refractivity contribution in [3.63, 3.8) is 0 Å². The van der Waals surface area contributed by atoms with Crippen molar-refractivity contribution < 1.29 is 9.64 Å². The third kappa shape index (κ3) is 5.02. The van der Waals surface area contributed by atoms with Gasteiger partial charge in [0.1, 0.15) is 0 Å². The van der Waals surface area contributed by atoms with Crippen LogP contribution in [0.1, 0.15) is 25.7 Å². The highest BCUT2D eigenvalue weighted by Crippen LogP contribution is 2.25. The van der Waals surface area contributed by atoms with Crippen LogP contribution >= 0.6 is 23.6 Å². The number of hydrogen-bond acceptors (Lipinski definition) is 6. The monoisotopic (exact) mass is 403 g/mol. The number of hydrogen-bond donors (Lipinski definition) is 1. The number of nitrogens with one attached hydrogen (secondary N) is 1. The Hall–Kier alpha value is -2.04. The second-order valence-electron chi connectivity index (χ2n) is 6.55. The molecule has 27 heavy (non-hydrogen) atoms. The van der Waals surface area contributed by atoms with E-state index in [1.165, 1.54) is 0 Å². The Balaban J connectivity index is 1.87. The average molecular weight is 404 g/mol. The SMILES string of the molecule is N#CCC[NH+](CCC#N)Cn1nc(-c2cccs2)n(C[C@H]2CCCO2)c1=S. The van der Waals surface area contributed by atoms with E-state index in [1.807, 2.05) is 22.2 Å². The summed E-state index contributed by atoms with van der Waals surface area (Å²) in [7, 11) is 0. The van der Waals surface area contributed by atoms with Gasteiger partial charge in [-0.1, -0.05) is 6.07 Å². The number of quaternary nitrogens is 1. The number of nitrogens with zero attached hydrogens (tertiary/aromatic N) is 5. The van der Waals surface area contributed by atoms with Gasteiger partial charge in [0.15, 0.2) is 12.5 Å². The molecule has 1 fully saturated rings. The molecule has 1 N–H and O–H groups in total. The standard InChI is InChI=1S/C18H22N6OS2/c19-7-3-9-22(10-4-8-20)14-24-18(26)23(13-15-5-1-11-25-15)17(21-24)16-6-2-12-27-16/h2,6,12,15H,1,3-5,9-11,13-14H2/p+1/t15-/m1/s1. The lowest BCUT2D eigenvalue weighted by molar-refractivity contribution is -0.922. The third-order valence-corrected chi connectivity index (χ3v) is 5.93. The second-order valence-corrected chi connectivity index (χ2v) is 7.87. The predicted octanol–water partition coefficient (Wildman–Crippen LogP) is 1.99. The summed E-state index contributed by atoms with van der Waals surface area (Å²) >= 11 is 7.37. The quantitative estimate of drug-likeness (QED) is 0.648. The summed E-state index contributed by atoms with van der Waals surface area (Å²) in [5.41, 5.74) is 0. The smallest absolute Gasteiger partial charge is 0.203 e. The van der Waals surface area contributed by atoms with Crippen LogP contribution in [0.2, 0.25) is 0 Å². The van der Waals surface area contributed by atoms with Crippen molar-refractivity contribution in [2.24, 2.45) is 0 Å². The lowest BCUT2D eigenvalue weighted by Crippen LogP contribution is -3.11. The summed E-state index contributed by atoms with van der Waals surface area (Å²) in [5, 5.41) is 24.6. The summed E-state index contributed by atoms with van der Waals surface area (Å²) in [4.78, 5) is 2.21. The number of rotatable bonds is 9. The zero-order valence-corrected chi connectivity index (χ0v) is 16.8. The van der Waals surface area contributed by atoms with Crippen LogP contribution < -0.4 is 4.90 Å². The van der Waals surface area contributed by atoms with Crippen molar-refractivity contribution in [1.82, 2.24) is 14.3 Å². The minimum absolute atomic E-state index is 0.175. The van der Waals surface area contributed by atoms with Crippen molar-refractivity contribution in [2.45, 2.75) is 45.0 Å². The molecule has 3 heterocycles. The summed E-state index contributed by atoms with van der Waals surface area (Å²) in [5.74, 6) is 0.866. The number of aromatic nitrogens is 3. The normalized spacial score (nSPS) is 16.5. The lowest BCUT2D eigenvalue weighted by Gasteiger charge is -2.16. The van der Waals surface area contributed by atoms with Crippen molar-refractivity contribution >= 4 is 23.6 Å². The van der Waals surface area contributed by atoms with Crippen LogP contribution in [0.3, 0.4) is 0 Å². The molecule has 0 bridgehead atoms. The van der Waals surface area contributed by atoms with Crippen LogP contribution in [0, 0.1) is 27.4 Å². The van der Waals surface area contributed by atoms with Gasteiger partial charge in [-0.3, -0.25) is 4.57 Å². The topological polar surface area (TPSA) is 84.0 Å². The fourth-order valence-electron chi connectivity index (χ4n) is 3.25. The maximum absolute atomic E-state index is 8.91. The van der Waals surface area contributed by atoms with Gasteiger partial charge < -0.3 is 9.64 Å². The molecule has 0 spiro atoms. The van der Waals surface area contributed by atoms with Gasteiger partial charge in [-0.25, -0.2) is 0 Å². The molecule has 0 aliphatic carbocycles. The van der Waals surface area contributed by atoms with Crippen molar-refractivity contribution in [1.29, 1.82) is 10.5 Å². The lowest BCUT2D eigenvalue weighted by atomic mass is 10.2. The van der Waals surface area contributed by atoms with E-state index in [-0.39, 0.29) is 6.10 Å². The molecule has 1 aliphatic rings. The van der Waals surface area contributed by atoms with Gasteiger partial charge in [-0.2, -0.15) is 15.2 Å². The first-order chi connectivity index (χ1) is 13.2. The molecule has 0 unspecified atom stereocenters. The van der Waals surface area contributed by atoms with E-state index in [0.29, 0.717) is 43.9 Å². The van der Waals surface area contributed by atoms with E-state index in [9.17, 15) is 0 Å². The molecule has 0 radical (unpaired) electrons. The molecular formula is C18H23N6OS2+. The fraction of sp³-hybridized carbons (Fsp3) is 0.556. The van der Waals surface area contributed by atoms with E-state index in [4.69, 9.17) is 32.6 Å². The molecule has 142 valence electrons. The Bertz CT molecular complexity index is 849.